The summed E-state index contributed by atoms with van der Waals surface area (Å²) in [5, 5.41) is -1.10. The molecule has 0 aromatic carbocycles. The van der Waals surface area contributed by atoms with Gasteiger partial charge in [-0.25, -0.2) is 0 Å². The van der Waals surface area contributed by atoms with Gasteiger partial charge in [-0.1, -0.05) is 0 Å². The third kappa shape index (κ3) is 1.25. The van der Waals surface area contributed by atoms with E-state index in [2.05, 4.69) is 0 Å². The molecule has 1 aliphatic rings. The number of hydrogen-bond donors (Lipinski definition) is 1. The van der Waals surface area contributed by atoms with Crippen molar-refractivity contribution in [3.05, 3.63) is 11.6 Å². The molecule has 1 amide bonds. The Kier molecular flexibility index (Phi) is 2.27. The van der Waals surface area contributed by atoms with Crippen molar-refractivity contribution in [3.63, 3.8) is 0 Å². The van der Waals surface area contributed by atoms with Gasteiger partial charge in [0.25, 0.3) is 0 Å². The summed E-state index contributed by atoms with van der Waals surface area (Å²) in [6.45, 7) is 0.460. The molecule has 0 saturated heterocycles. The summed E-state index contributed by atoms with van der Waals surface area (Å²) in [5.41, 5.74) is -1.79. The van der Waals surface area contributed by atoms with Crippen LogP contribution >= 0.6 is 0 Å². The molecule has 0 aromatic heterocycles. The van der Waals surface area contributed by atoms with Gasteiger partial charge in [-0.15, -0.1) is 0 Å². The number of hydrazine groups is 1. The zero-order valence-corrected chi connectivity index (χ0v) is 5.44. The van der Waals surface area contributed by atoms with Gasteiger partial charge in [0, 0.05) is 0 Å². The zero-order valence-electron chi connectivity index (χ0n) is 5.44. The van der Waals surface area contributed by atoms with Gasteiger partial charge in [0.2, 0.25) is 0 Å². The van der Waals surface area contributed by atoms with Crippen molar-refractivity contribution in [3.8, 4) is 0 Å². The maximum absolute atomic E-state index is 12.2. The number of nitrogens with zero attached hydrogens (tertiary/aromatic N) is 1. The van der Waals surface area contributed by atoms with Crippen LogP contribution in [0.3, 0.4) is 0 Å². The van der Waals surface area contributed by atoms with E-state index in [9.17, 15) is 22.5 Å². The van der Waals surface area contributed by atoms with E-state index in [0.29, 0.717) is 12.6 Å². The van der Waals surface area contributed by atoms with Gasteiger partial charge in [0.1, 0.15) is 0 Å². The molecule has 12 heavy (non-hydrogen) atoms. The van der Waals surface area contributed by atoms with E-state index >= 15 is 0 Å². The molecule has 0 atom stereocenters. The number of halogens is 4. The molecule has 0 fully saturated rings. The van der Waals surface area contributed by atoms with Crippen LogP contribution < -0.4 is 5.65 Å². The second-order valence-electron chi connectivity index (χ2n) is 1.89. The summed E-state index contributed by atoms with van der Waals surface area (Å²) in [5.74, 6) is -3.10. The van der Waals surface area contributed by atoms with Crippen molar-refractivity contribution in [1.29, 1.82) is 0 Å². The van der Waals surface area contributed by atoms with Gasteiger partial charge < -0.3 is 0 Å². The Morgan fingerprint density at radius 3 is 2.42 bits per heavy atom. The average Bonchev–Trinajstić information content (AvgIpc) is 2.10. The van der Waals surface area contributed by atoms with Crippen molar-refractivity contribution >= 4 is 18.3 Å². The summed E-state index contributed by atoms with van der Waals surface area (Å²) in [6.07, 6.45) is 0. The molecule has 1 aliphatic heterocycles. The predicted octanol–water partition coefficient (Wildman–Crippen LogP) is 0.0869. The summed E-state index contributed by atoms with van der Waals surface area (Å²) < 4.78 is 47.2. The van der Waals surface area contributed by atoms with Crippen LogP contribution in [0.15, 0.2) is 11.6 Å². The molecule has 1 N–H and O–H groups in total. The van der Waals surface area contributed by atoms with Crippen LogP contribution in [0.25, 0.3) is 0 Å². The monoisotopic (exact) mass is 180 g/mol. The Morgan fingerprint density at radius 2 is 2.08 bits per heavy atom. The van der Waals surface area contributed by atoms with Gasteiger partial charge in [0.15, 0.2) is 0 Å². The number of hydrogen-bond acceptors (Lipinski definition) is 2. The maximum atomic E-state index is 12.2. The first-order valence-corrected chi connectivity index (χ1v) is 2.71. The molecule has 8 heteroatoms. The average molecular weight is 180 g/mol. The second-order valence-corrected chi connectivity index (χ2v) is 1.89. The van der Waals surface area contributed by atoms with E-state index in [-0.39, 0.29) is 0 Å². The number of carbonyl (C=O) groups is 1. The molecule has 64 valence electrons. The SMILES string of the molecule is O=C(C1=BC(F)=C1F)N(F)NF. The molecule has 0 aliphatic carbocycles. The van der Waals surface area contributed by atoms with E-state index in [1.54, 1.807) is 0 Å². The Bertz CT molecular complexity index is 289. The summed E-state index contributed by atoms with van der Waals surface area (Å²) in [4.78, 5) is 10.5. The second kappa shape index (κ2) is 3.06. The molecule has 0 saturated carbocycles. The summed E-state index contributed by atoms with van der Waals surface area (Å²) >= 11 is 0. The van der Waals surface area contributed by atoms with Crippen LogP contribution in [-0.4, -0.2) is 23.5 Å². The molecule has 0 radical (unpaired) electrons. The molecule has 0 bridgehead atoms. The van der Waals surface area contributed by atoms with Crippen LogP contribution in [0, 0.1) is 0 Å². The molecule has 0 spiro atoms. The Labute approximate surface area is 64.4 Å². The van der Waals surface area contributed by atoms with Gasteiger partial charge in [-0.3, -0.25) is 0 Å². The van der Waals surface area contributed by atoms with Crippen LogP contribution in [0.2, 0.25) is 0 Å². The normalized spacial score (nSPS) is 14.8. The molecule has 0 unspecified atom stereocenters. The molecule has 0 aromatic rings. The number of amides is 1. The molecular weight excluding hydrogens is 179 g/mol. The fourth-order valence-corrected chi connectivity index (χ4v) is 0.604. The molecule has 1 heterocycles. The third-order valence-corrected chi connectivity index (χ3v) is 1.20. The fraction of sp³-hybridized carbons (Fsp3) is 0. The first kappa shape index (κ1) is 8.92. The van der Waals surface area contributed by atoms with E-state index < -0.39 is 28.2 Å². The van der Waals surface area contributed by atoms with Crippen molar-refractivity contribution in [2.45, 2.75) is 0 Å². The topological polar surface area (TPSA) is 32.3 Å². The first-order chi connectivity index (χ1) is 5.57. The molecule has 3 nitrogen and oxygen atoms in total. The fourth-order valence-electron chi connectivity index (χ4n) is 0.604. The van der Waals surface area contributed by atoms with Crippen LogP contribution in [0.4, 0.5) is 17.7 Å². The summed E-state index contributed by atoms with van der Waals surface area (Å²) in [7, 11) is 0. The van der Waals surface area contributed by atoms with Crippen LogP contribution in [0.5, 0.6) is 0 Å². The summed E-state index contributed by atoms with van der Waals surface area (Å²) in [6, 6.07) is 0. The van der Waals surface area contributed by atoms with Crippen molar-refractivity contribution in [2.24, 2.45) is 0 Å². The van der Waals surface area contributed by atoms with E-state index in [1.807, 2.05) is 0 Å². The van der Waals surface area contributed by atoms with Crippen molar-refractivity contribution in [2.75, 3.05) is 0 Å². The first-order valence-electron chi connectivity index (χ1n) is 2.71. The third-order valence-electron chi connectivity index (χ3n) is 1.20. The van der Waals surface area contributed by atoms with Crippen LogP contribution in [0.1, 0.15) is 0 Å². The van der Waals surface area contributed by atoms with E-state index in [4.69, 9.17) is 0 Å². The Morgan fingerprint density at radius 1 is 1.50 bits per heavy atom. The molecule has 1 rings (SSSR count). The van der Waals surface area contributed by atoms with Gasteiger partial charge in [0.05, 0.1) is 0 Å². The van der Waals surface area contributed by atoms with Gasteiger partial charge in [-0.05, 0) is 0 Å². The quantitative estimate of drug-likeness (QED) is 0.282. The molecular formula is C4HBF4N2O. The Hall–Kier alpha value is -1.18. The predicted molar refractivity (Wildman–Crippen MR) is 32.2 cm³/mol. The van der Waals surface area contributed by atoms with Crippen molar-refractivity contribution in [1.82, 2.24) is 10.9 Å². The number of nitrogens with one attached hydrogen (secondary N) is 1. The van der Waals surface area contributed by atoms with E-state index in [0.717, 1.165) is 0 Å². The number of carbonyl (C=O) groups excluding carboxylic acids is 1. The zero-order chi connectivity index (χ0) is 9.30. The minimum atomic E-state index is -1.63. The van der Waals surface area contributed by atoms with E-state index in [1.165, 1.54) is 0 Å². The number of rotatable bonds is 2. The van der Waals surface area contributed by atoms with Crippen LogP contribution in [-0.2, 0) is 4.79 Å². The standard InChI is InChI=1S/C4HBF4N2O/c6-2-1(5-3(2)7)4(12)11(9)10-8/h10H. The van der Waals surface area contributed by atoms with Gasteiger partial charge >= 0.3 is 63.3 Å². The van der Waals surface area contributed by atoms with Gasteiger partial charge in [-0.2, -0.15) is 0 Å². The van der Waals surface area contributed by atoms with Crippen molar-refractivity contribution < 1.29 is 22.5 Å². The Balaban J connectivity index is 2.65. The minimum absolute atomic E-state index is 0.314.